The Morgan fingerprint density at radius 2 is 1.86 bits per heavy atom. The summed E-state index contributed by atoms with van der Waals surface area (Å²) < 4.78 is 6.04. The molecule has 0 radical (unpaired) electrons. The maximum absolute atomic E-state index is 6.04. The van der Waals surface area contributed by atoms with Crippen LogP contribution in [-0.2, 0) is 13.1 Å². The lowest BCUT2D eigenvalue weighted by molar-refractivity contribution is 0.209. The summed E-state index contributed by atoms with van der Waals surface area (Å²) in [6.45, 7) is 17.3. The normalized spacial score (nSPS) is 12.0. The van der Waals surface area contributed by atoms with Gasteiger partial charge in [-0.2, -0.15) is 0 Å². The second-order valence-corrected chi connectivity index (χ2v) is 6.36. The fraction of sp³-hybridized carbons (Fsp3) is 0.778. The summed E-state index contributed by atoms with van der Waals surface area (Å²) in [5.74, 6) is 2.97. The fourth-order valence-corrected chi connectivity index (χ4v) is 2.58. The zero-order valence-corrected chi connectivity index (χ0v) is 14.8. The fourth-order valence-electron chi connectivity index (χ4n) is 2.58. The molecule has 0 aliphatic carbocycles. The van der Waals surface area contributed by atoms with Crippen LogP contribution in [0.5, 0.6) is 0 Å². The lowest BCUT2D eigenvalue weighted by atomic mass is 10.0. The second-order valence-electron chi connectivity index (χ2n) is 6.36. The molecule has 0 spiro atoms. The molecule has 3 heteroatoms. The first-order valence-corrected chi connectivity index (χ1v) is 8.53. The molecule has 3 nitrogen and oxygen atoms in total. The van der Waals surface area contributed by atoms with Crippen LogP contribution in [0.4, 0.5) is 0 Å². The van der Waals surface area contributed by atoms with E-state index < -0.39 is 0 Å². The van der Waals surface area contributed by atoms with Crippen LogP contribution in [0.3, 0.4) is 0 Å². The predicted molar refractivity (Wildman–Crippen MR) is 90.4 cm³/mol. The second kappa shape index (κ2) is 9.26. The number of hydrogen-bond acceptors (Lipinski definition) is 3. The van der Waals surface area contributed by atoms with Crippen molar-refractivity contribution in [2.45, 2.75) is 73.5 Å². The number of hydrogen-bond donors (Lipinski definition) is 1. The molecule has 1 heterocycles. The first-order valence-electron chi connectivity index (χ1n) is 8.53. The SMILES string of the molecule is CCC(CC)CN(CC)Cc1cc(C)c(CNC(C)C)o1. The molecular formula is C18H34N2O. The third kappa shape index (κ3) is 6.23. The zero-order chi connectivity index (χ0) is 15.8. The first kappa shape index (κ1) is 18.2. The van der Waals surface area contributed by atoms with Crippen molar-refractivity contribution in [2.75, 3.05) is 13.1 Å². The lowest BCUT2D eigenvalue weighted by Crippen LogP contribution is -2.28. The predicted octanol–water partition coefficient (Wildman–Crippen LogP) is 4.34. The topological polar surface area (TPSA) is 28.4 Å². The number of nitrogens with zero attached hydrogens (tertiary/aromatic N) is 1. The third-order valence-corrected chi connectivity index (χ3v) is 4.24. The average Bonchev–Trinajstić information content (AvgIpc) is 2.81. The van der Waals surface area contributed by atoms with Crippen molar-refractivity contribution in [3.63, 3.8) is 0 Å². The minimum absolute atomic E-state index is 0.486. The van der Waals surface area contributed by atoms with Crippen molar-refractivity contribution in [2.24, 2.45) is 5.92 Å². The molecule has 21 heavy (non-hydrogen) atoms. The van der Waals surface area contributed by atoms with E-state index in [9.17, 15) is 0 Å². The third-order valence-electron chi connectivity index (χ3n) is 4.24. The molecule has 0 atom stereocenters. The number of rotatable bonds is 10. The smallest absolute Gasteiger partial charge is 0.120 e. The molecule has 0 saturated carbocycles. The Labute approximate surface area is 131 Å². The van der Waals surface area contributed by atoms with Gasteiger partial charge in [0.25, 0.3) is 0 Å². The Morgan fingerprint density at radius 1 is 1.19 bits per heavy atom. The largest absolute Gasteiger partial charge is 0.463 e. The Morgan fingerprint density at radius 3 is 2.38 bits per heavy atom. The van der Waals surface area contributed by atoms with Gasteiger partial charge in [0.15, 0.2) is 0 Å². The maximum Gasteiger partial charge on any atom is 0.120 e. The highest BCUT2D eigenvalue weighted by Gasteiger charge is 2.14. The van der Waals surface area contributed by atoms with Crippen LogP contribution in [0.2, 0.25) is 0 Å². The summed E-state index contributed by atoms with van der Waals surface area (Å²) in [5, 5.41) is 3.43. The van der Waals surface area contributed by atoms with E-state index in [1.807, 2.05) is 0 Å². The van der Waals surface area contributed by atoms with Crippen LogP contribution in [-0.4, -0.2) is 24.0 Å². The standard InChI is InChI=1S/C18H34N2O/c1-7-16(8-2)12-20(9-3)13-17-10-15(6)18(21-17)11-19-14(4)5/h10,14,16,19H,7-9,11-13H2,1-6H3. The molecule has 0 amide bonds. The van der Waals surface area contributed by atoms with Crippen LogP contribution in [0.1, 0.15) is 64.5 Å². The molecule has 0 aromatic carbocycles. The van der Waals surface area contributed by atoms with Gasteiger partial charge in [-0.05, 0) is 31.0 Å². The molecule has 1 aromatic heterocycles. The van der Waals surface area contributed by atoms with Crippen molar-refractivity contribution in [3.8, 4) is 0 Å². The average molecular weight is 294 g/mol. The number of nitrogens with one attached hydrogen (secondary N) is 1. The lowest BCUT2D eigenvalue weighted by Gasteiger charge is -2.24. The van der Waals surface area contributed by atoms with Gasteiger partial charge >= 0.3 is 0 Å². The Hall–Kier alpha value is -0.800. The van der Waals surface area contributed by atoms with E-state index in [1.54, 1.807) is 0 Å². The van der Waals surface area contributed by atoms with Gasteiger partial charge in [-0.15, -0.1) is 0 Å². The highest BCUT2D eigenvalue weighted by molar-refractivity contribution is 5.20. The van der Waals surface area contributed by atoms with Gasteiger partial charge in [0, 0.05) is 12.6 Å². The van der Waals surface area contributed by atoms with Gasteiger partial charge in [0.2, 0.25) is 0 Å². The molecule has 1 rings (SSSR count). The van der Waals surface area contributed by atoms with Crippen LogP contribution in [0, 0.1) is 12.8 Å². The van der Waals surface area contributed by atoms with Crippen molar-refractivity contribution in [3.05, 3.63) is 23.2 Å². The van der Waals surface area contributed by atoms with Gasteiger partial charge in [-0.3, -0.25) is 4.90 Å². The molecule has 0 fully saturated rings. The maximum atomic E-state index is 6.04. The van der Waals surface area contributed by atoms with E-state index in [2.05, 4.69) is 57.8 Å². The van der Waals surface area contributed by atoms with E-state index in [1.165, 1.54) is 24.9 Å². The summed E-state index contributed by atoms with van der Waals surface area (Å²) in [4.78, 5) is 2.50. The van der Waals surface area contributed by atoms with Crippen LogP contribution in [0.15, 0.2) is 10.5 Å². The monoisotopic (exact) mass is 294 g/mol. The zero-order valence-electron chi connectivity index (χ0n) is 14.8. The molecule has 1 aromatic rings. The van der Waals surface area contributed by atoms with Gasteiger partial charge in [-0.1, -0.05) is 47.5 Å². The molecule has 0 aliphatic heterocycles. The van der Waals surface area contributed by atoms with E-state index in [-0.39, 0.29) is 0 Å². The van der Waals surface area contributed by atoms with E-state index >= 15 is 0 Å². The van der Waals surface area contributed by atoms with Crippen LogP contribution in [0.25, 0.3) is 0 Å². The van der Waals surface area contributed by atoms with E-state index in [4.69, 9.17) is 4.42 Å². The van der Waals surface area contributed by atoms with E-state index in [0.29, 0.717) is 6.04 Å². The molecule has 0 saturated heterocycles. The van der Waals surface area contributed by atoms with Gasteiger partial charge < -0.3 is 9.73 Å². The van der Waals surface area contributed by atoms with Crippen molar-refractivity contribution >= 4 is 0 Å². The van der Waals surface area contributed by atoms with Crippen molar-refractivity contribution < 1.29 is 4.42 Å². The quantitative estimate of drug-likeness (QED) is 0.695. The van der Waals surface area contributed by atoms with Crippen LogP contribution < -0.4 is 5.32 Å². The molecule has 0 aliphatic rings. The summed E-state index contributed by atoms with van der Waals surface area (Å²) in [5.41, 5.74) is 1.26. The summed E-state index contributed by atoms with van der Waals surface area (Å²) in [7, 11) is 0. The van der Waals surface area contributed by atoms with Crippen molar-refractivity contribution in [1.82, 2.24) is 10.2 Å². The van der Waals surface area contributed by atoms with Gasteiger partial charge in [-0.25, -0.2) is 0 Å². The molecule has 122 valence electrons. The highest BCUT2D eigenvalue weighted by atomic mass is 16.3. The summed E-state index contributed by atoms with van der Waals surface area (Å²) >= 11 is 0. The van der Waals surface area contributed by atoms with Gasteiger partial charge in [0.1, 0.15) is 11.5 Å². The Bertz CT molecular complexity index is 394. The van der Waals surface area contributed by atoms with E-state index in [0.717, 1.165) is 37.1 Å². The summed E-state index contributed by atoms with van der Waals surface area (Å²) in [6.07, 6.45) is 2.52. The molecular weight excluding hydrogens is 260 g/mol. The minimum atomic E-state index is 0.486. The van der Waals surface area contributed by atoms with Crippen molar-refractivity contribution in [1.29, 1.82) is 0 Å². The minimum Gasteiger partial charge on any atom is -0.463 e. The van der Waals surface area contributed by atoms with Gasteiger partial charge in [0.05, 0.1) is 13.1 Å². The number of aryl methyl sites for hydroxylation is 1. The highest BCUT2D eigenvalue weighted by Crippen LogP contribution is 2.18. The molecule has 0 unspecified atom stereocenters. The summed E-state index contributed by atoms with van der Waals surface area (Å²) in [6, 6.07) is 2.69. The first-order chi connectivity index (χ1) is 9.99. The molecule has 0 bridgehead atoms. The van der Waals surface area contributed by atoms with Crippen LogP contribution >= 0.6 is 0 Å². The number of furan rings is 1. The molecule has 1 N–H and O–H groups in total. The Balaban J connectivity index is 2.61. The Kier molecular flexibility index (Phi) is 8.05.